The monoisotopic (exact) mass is 401 g/mol. The lowest BCUT2D eigenvalue weighted by Crippen LogP contribution is -2.31. The van der Waals surface area contributed by atoms with E-state index in [-0.39, 0.29) is 30.4 Å². The lowest BCUT2D eigenvalue weighted by atomic mass is 9.96. The number of ether oxygens (including phenoxy) is 1. The summed E-state index contributed by atoms with van der Waals surface area (Å²) in [5.74, 6) is 0.404. The Labute approximate surface area is 172 Å². The van der Waals surface area contributed by atoms with Gasteiger partial charge in [-0.3, -0.25) is 9.59 Å². The van der Waals surface area contributed by atoms with Crippen molar-refractivity contribution in [1.82, 2.24) is 15.5 Å². The molecule has 158 valence electrons. The third-order valence-electron chi connectivity index (χ3n) is 4.54. The van der Waals surface area contributed by atoms with E-state index in [9.17, 15) is 9.59 Å². The van der Waals surface area contributed by atoms with Crippen molar-refractivity contribution in [1.29, 1.82) is 0 Å². The normalized spacial score (nSPS) is 12.4. The summed E-state index contributed by atoms with van der Waals surface area (Å²) < 4.78 is 10.3. The van der Waals surface area contributed by atoms with Gasteiger partial charge in [-0.15, -0.1) is 0 Å². The number of carbonyl (C=O) groups excluding carboxylic acids is 2. The molecule has 1 amide bonds. The third-order valence-corrected chi connectivity index (χ3v) is 4.54. The van der Waals surface area contributed by atoms with Crippen LogP contribution in [0.1, 0.15) is 76.3 Å². The summed E-state index contributed by atoms with van der Waals surface area (Å²) in [5, 5.41) is 6.79. The molecule has 2 rings (SSSR count). The molecule has 0 spiro atoms. The molecule has 0 saturated carbocycles. The molecule has 2 aromatic rings. The van der Waals surface area contributed by atoms with Crippen molar-refractivity contribution in [2.24, 2.45) is 0 Å². The molecule has 1 atom stereocenters. The van der Waals surface area contributed by atoms with E-state index in [1.54, 1.807) is 0 Å². The second-order valence-electron chi connectivity index (χ2n) is 8.16. The van der Waals surface area contributed by atoms with Crippen molar-refractivity contribution >= 4 is 11.9 Å². The van der Waals surface area contributed by atoms with E-state index >= 15 is 0 Å². The molecule has 0 saturated heterocycles. The van der Waals surface area contributed by atoms with E-state index in [0.29, 0.717) is 24.6 Å². The van der Waals surface area contributed by atoms with Gasteiger partial charge in [0.25, 0.3) is 5.91 Å². The molecule has 1 heterocycles. The zero-order valence-electron chi connectivity index (χ0n) is 17.9. The van der Waals surface area contributed by atoms with Gasteiger partial charge in [-0.25, -0.2) is 0 Å². The number of benzene rings is 1. The molecule has 7 heteroatoms. The van der Waals surface area contributed by atoms with Crippen LogP contribution in [0, 0.1) is 0 Å². The van der Waals surface area contributed by atoms with Gasteiger partial charge in [0.2, 0.25) is 5.89 Å². The predicted octanol–water partition coefficient (Wildman–Crippen LogP) is 3.67. The van der Waals surface area contributed by atoms with Crippen molar-refractivity contribution in [2.75, 3.05) is 6.61 Å². The number of esters is 1. The van der Waals surface area contributed by atoms with Crippen molar-refractivity contribution in [3.8, 4) is 0 Å². The molecule has 29 heavy (non-hydrogen) atoms. The van der Waals surface area contributed by atoms with Crippen molar-refractivity contribution in [2.45, 2.75) is 71.8 Å². The maximum absolute atomic E-state index is 12.0. The summed E-state index contributed by atoms with van der Waals surface area (Å²) in [5.41, 5.74) is 2.08. The van der Waals surface area contributed by atoms with Crippen LogP contribution in [0.2, 0.25) is 0 Å². The Morgan fingerprint density at radius 2 is 1.90 bits per heavy atom. The Kier molecular flexibility index (Phi) is 7.93. The minimum absolute atomic E-state index is 0.151. The maximum atomic E-state index is 12.0. The molecular formula is C22H31N3O4. The van der Waals surface area contributed by atoms with Crippen LogP contribution in [0.25, 0.3) is 0 Å². The number of nitrogens with one attached hydrogen (secondary N) is 1. The first kappa shape index (κ1) is 22.6. The Morgan fingerprint density at radius 3 is 2.48 bits per heavy atom. The molecule has 1 aromatic heterocycles. The number of carbonyl (C=O) groups is 2. The van der Waals surface area contributed by atoms with Gasteiger partial charge >= 0.3 is 5.97 Å². The van der Waals surface area contributed by atoms with Gasteiger partial charge in [0.1, 0.15) is 0 Å². The van der Waals surface area contributed by atoms with Crippen LogP contribution in [0.4, 0.5) is 0 Å². The van der Waals surface area contributed by atoms with Gasteiger partial charge in [-0.05, 0) is 30.9 Å². The molecule has 0 fully saturated rings. The quantitative estimate of drug-likeness (QED) is 0.644. The Hall–Kier alpha value is -2.70. The second kappa shape index (κ2) is 10.2. The number of nitrogens with zero attached hydrogens (tertiary/aromatic N) is 2. The lowest BCUT2D eigenvalue weighted by Gasteiger charge is -2.15. The number of hydrogen-bond acceptors (Lipinski definition) is 6. The SMILES string of the molecule is CCc1ccc(C(C)NC(=O)COC(=O)CCCc2nc(C(C)(C)C)no2)cc1. The Bertz CT molecular complexity index is 806. The minimum atomic E-state index is -0.421. The van der Waals surface area contributed by atoms with Crippen LogP contribution in [0.5, 0.6) is 0 Å². The summed E-state index contributed by atoms with van der Waals surface area (Å²) in [6.45, 7) is 9.73. The molecule has 0 aliphatic rings. The zero-order chi connectivity index (χ0) is 21.4. The van der Waals surface area contributed by atoms with Crippen LogP contribution in [-0.2, 0) is 32.6 Å². The smallest absolute Gasteiger partial charge is 0.306 e. The molecule has 0 aliphatic carbocycles. The van der Waals surface area contributed by atoms with E-state index in [4.69, 9.17) is 9.26 Å². The fraction of sp³-hybridized carbons (Fsp3) is 0.545. The van der Waals surface area contributed by atoms with Gasteiger partial charge in [0, 0.05) is 18.3 Å². The highest BCUT2D eigenvalue weighted by molar-refractivity contribution is 5.80. The fourth-order valence-corrected chi connectivity index (χ4v) is 2.67. The van der Waals surface area contributed by atoms with Gasteiger partial charge < -0.3 is 14.6 Å². The van der Waals surface area contributed by atoms with Gasteiger partial charge in [-0.2, -0.15) is 4.98 Å². The van der Waals surface area contributed by atoms with Crippen LogP contribution < -0.4 is 5.32 Å². The second-order valence-corrected chi connectivity index (χ2v) is 8.16. The number of rotatable bonds is 9. The molecule has 0 radical (unpaired) electrons. The van der Waals surface area contributed by atoms with Crippen molar-refractivity contribution in [3.63, 3.8) is 0 Å². The molecular weight excluding hydrogens is 370 g/mol. The summed E-state index contributed by atoms with van der Waals surface area (Å²) >= 11 is 0. The third kappa shape index (κ3) is 7.33. The van der Waals surface area contributed by atoms with Gasteiger partial charge in [-0.1, -0.05) is 57.1 Å². The summed E-state index contributed by atoms with van der Waals surface area (Å²) in [6, 6.07) is 7.94. The molecule has 7 nitrogen and oxygen atoms in total. The van der Waals surface area contributed by atoms with Crippen LogP contribution >= 0.6 is 0 Å². The van der Waals surface area contributed by atoms with E-state index in [2.05, 4.69) is 22.4 Å². The van der Waals surface area contributed by atoms with Crippen LogP contribution in [0.15, 0.2) is 28.8 Å². The summed E-state index contributed by atoms with van der Waals surface area (Å²) in [4.78, 5) is 28.2. The van der Waals surface area contributed by atoms with Gasteiger partial charge in [0.15, 0.2) is 12.4 Å². The molecule has 1 aromatic carbocycles. The fourth-order valence-electron chi connectivity index (χ4n) is 2.67. The van der Waals surface area contributed by atoms with E-state index in [1.807, 2.05) is 52.0 Å². The van der Waals surface area contributed by atoms with E-state index in [0.717, 1.165) is 12.0 Å². The van der Waals surface area contributed by atoms with Gasteiger partial charge in [0.05, 0.1) is 6.04 Å². The number of hydrogen-bond donors (Lipinski definition) is 1. The van der Waals surface area contributed by atoms with E-state index in [1.165, 1.54) is 5.56 Å². The summed E-state index contributed by atoms with van der Waals surface area (Å²) in [6.07, 6.45) is 2.18. The van der Waals surface area contributed by atoms with Crippen LogP contribution in [-0.4, -0.2) is 28.6 Å². The summed E-state index contributed by atoms with van der Waals surface area (Å²) in [7, 11) is 0. The van der Waals surface area contributed by atoms with Crippen molar-refractivity contribution < 1.29 is 18.8 Å². The largest absolute Gasteiger partial charge is 0.456 e. The maximum Gasteiger partial charge on any atom is 0.306 e. The average Bonchev–Trinajstić information content (AvgIpc) is 3.16. The highest BCUT2D eigenvalue weighted by atomic mass is 16.5. The topological polar surface area (TPSA) is 94.3 Å². The number of amides is 1. The standard InChI is InChI=1S/C22H31N3O4/c1-6-16-10-12-17(13-11-16)15(2)23-18(26)14-28-20(27)9-7-8-19-24-21(25-29-19)22(3,4)5/h10-13,15H,6-9,14H2,1-5H3,(H,23,26). The first-order valence-corrected chi connectivity index (χ1v) is 10.1. The first-order valence-electron chi connectivity index (χ1n) is 10.1. The Morgan fingerprint density at radius 1 is 1.21 bits per heavy atom. The first-order chi connectivity index (χ1) is 13.7. The molecule has 0 bridgehead atoms. The highest BCUT2D eigenvalue weighted by Gasteiger charge is 2.21. The number of aromatic nitrogens is 2. The lowest BCUT2D eigenvalue weighted by molar-refractivity contribution is -0.148. The number of aryl methyl sites for hydroxylation is 2. The predicted molar refractivity (Wildman–Crippen MR) is 109 cm³/mol. The van der Waals surface area contributed by atoms with E-state index < -0.39 is 5.97 Å². The molecule has 0 aliphatic heterocycles. The average molecular weight is 402 g/mol. The molecule has 1 unspecified atom stereocenters. The van der Waals surface area contributed by atoms with Crippen LogP contribution in [0.3, 0.4) is 0 Å². The van der Waals surface area contributed by atoms with Crippen molar-refractivity contribution in [3.05, 3.63) is 47.1 Å². The minimum Gasteiger partial charge on any atom is -0.456 e. The Balaban J connectivity index is 1.67. The molecule has 1 N–H and O–H groups in total. The zero-order valence-corrected chi connectivity index (χ0v) is 17.9. The highest BCUT2D eigenvalue weighted by Crippen LogP contribution is 2.19.